The summed E-state index contributed by atoms with van der Waals surface area (Å²) in [5.41, 5.74) is 2.08. The van der Waals surface area contributed by atoms with Gasteiger partial charge in [-0.15, -0.1) is 0 Å². The maximum atomic E-state index is 11.1. The number of nitrogens with zero attached hydrogens (tertiary/aromatic N) is 3. The van der Waals surface area contributed by atoms with Gasteiger partial charge in [0.2, 0.25) is 5.95 Å². The van der Waals surface area contributed by atoms with Crippen LogP contribution in [0.1, 0.15) is 12.5 Å². The van der Waals surface area contributed by atoms with E-state index in [9.17, 15) is 10.1 Å². The maximum Gasteiger partial charge on any atom is 0.313 e. The Morgan fingerprint density at radius 3 is 2.84 bits per heavy atom. The second kappa shape index (κ2) is 5.43. The van der Waals surface area contributed by atoms with Crippen molar-refractivity contribution in [2.45, 2.75) is 13.3 Å². The van der Waals surface area contributed by atoms with Crippen molar-refractivity contribution in [3.63, 3.8) is 0 Å². The molecule has 1 aromatic carbocycles. The zero-order valence-corrected chi connectivity index (χ0v) is 10.8. The van der Waals surface area contributed by atoms with E-state index in [0.717, 1.165) is 17.5 Å². The largest absolute Gasteiger partial charge is 0.357 e. The Balaban J connectivity index is 2.60. The van der Waals surface area contributed by atoms with Crippen LogP contribution in [0.5, 0.6) is 0 Å². The molecule has 0 amide bonds. The molecule has 0 saturated heterocycles. The Labute approximate surface area is 110 Å². The minimum absolute atomic E-state index is 0.0905. The van der Waals surface area contributed by atoms with Crippen molar-refractivity contribution in [3.8, 4) is 11.3 Å². The van der Waals surface area contributed by atoms with Crippen LogP contribution in [0.2, 0.25) is 0 Å². The summed E-state index contributed by atoms with van der Waals surface area (Å²) in [4.78, 5) is 18.7. The zero-order valence-electron chi connectivity index (χ0n) is 10.8. The van der Waals surface area contributed by atoms with Crippen molar-refractivity contribution in [1.29, 1.82) is 0 Å². The number of hydrogen-bond donors (Lipinski definition) is 1. The molecule has 0 spiro atoms. The number of nitrogens with one attached hydrogen (secondary N) is 1. The monoisotopic (exact) mass is 258 g/mol. The van der Waals surface area contributed by atoms with Crippen LogP contribution in [0.25, 0.3) is 11.3 Å². The summed E-state index contributed by atoms with van der Waals surface area (Å²) in [7, 11) is 1.67. The number of benzene rings is 1. The molecule has 0 fully saturated rings. The van der Waals surface area contributed by atoms with Crippen molar-refractivity contribution < 1.29 is 4.92 Å². The third-order valence-electron chi connectivity index (χ3n) is 2.80. The average Bonchev–Trinajstić information content (AvgIpc) is 2.46. The van der Waals surface area contributed by atoms with Gasteiger partial charge >= 0.3 is 5.69 Å². The summed E-state index contributed by atoms with van der Waals surface area (Å²) in [5.74, 6) is 0.363. The smallest absolute Gasteiger partial charge is 0.313 e. The Morgan fingerprint density at radius 1 is 1.42 bits per heavy atom. The lowest BCUT2D eigenvalue weighted by atomic mass is 10.1. The molecule has 2 aromatic rings. The molecule has 98 valence electrons. The molecular weight excluding hydrogens is 244 g/mol. The number of anilines is 1. The van der Waals surface area contributed by atoms with E-state index in [4.69, 9.17) is 0 Å². The number of aromatic nitrogens is 2. The highest BCUT2D eigenvalue weighted by Crippen LogP contribution is 2.28. The van der Waals surface area contributed by atoms with E-state index in [1.54, 1.807) is 7.05 Å². The number of aryl methyl sites for hydroxylation is 1. The van der Waals surface area contributed by atoms with Gasteiger partial charge in [0.15, 0.2) is 5.69 Å². The Hall–Kier alpha value is -2.50. The minimum Gasteiger partial charge on any atom is -0.357 e. The molecule has 0 aliphatic heterocycles. The Kier molecular flexibility index (Phi) is 3.70. The maximum absolute atomic E-state index is 11.1. The highest BCUT2D eigenvalue weighted by atomic mass is 16.6. The predicted molar refractivity (Wildman–Crippen MR) is 73.0 cm³/mol. The normalized spacial score (nSPS) is 10.2. The molecule has 0 aliphatic rings. The molecule has 0 saturated carbocycles. The van der Waals surface area contributed by atoms with Gasteiger partial charge in [-0.05, 0) is 18.1 Å². The zero-order chi connectivity index (χ0) is 13.8. The van der Waals surface area contributed by atoms with Gasteiger partial charge in [-0.25, -0.2) is 9.97 Å². The van der Waals surface area contributed by atoms with Crippen LogP contribution in [-0.2, 0) is 6.42 Å². The summed E-state index contributed by atoms with van der Waals surface area (Å²) in [6.45, 7) is 2.03. The van der Waals surface area contributed by atoms with Crippen LogP contribution in [0.15, 0.2) is 30.5 Å². The van der Waals surface area contributed by atoms with Crippen molar-refractivity contribution in [2.24, 2.45) is 0 Å². The fraction of sp³-hybridized carbons (Fsp3) is 0.231. The standard InChI is InChI=1S/C13H14N4O2/c1-3-9-5-4-6-10(7-9)12-11(17(18)19)8-15-13(14-2)16-12/h4-8H,3H2,1-2H3,(H,14,15,16). The molecule has 0 radical (unpaired) electrons. The van der Waals surface area contributed by atoms with E-state index < -0.39 is 4.92 Å². The molecule has 6 nitrogen and oxygen atoms in total. The van der Waals surface area contributed by atoms with Gasteiger partial charge < -0.3 is 5.32 Å². The van der Waals surface area contributed by atoms with Crippen LogP contribution >= 0.6 is 0 Å². The van der Waals surface area contributed by atoms with E-state index >= 15 is 0 Å². The second-order valence-electron chi connectivity index (χ2n) is 3.99. The van der Waals surface area contributed by atoms with E-state index in [-0.39, 0.29) is 5.69 Å². The van der Waals surface area contributed by atoms with Gasteiger partial charge in [0.1, 0.15) is 6.20 Å². The van der Waals surface area contributed by atoms with Gasteiger partial charge in [-0.1, -0.05) is 25.1 Å². The Morgan fingerprint density at radius 2 is 2.21 bits per heavy atom. The van der Waals surface area contributed by atoms with Gasteiger partial charge in [0.25, 0.3) is 0 Å². The predicted octanol–water partition coefficient (Wildman–Crippen LogP) is 2.66. The quantitative estimate of drug-likeness (QED) is 0.673. The molecule has 0 atom stereocenters. The number of hydrogen-bond acceptors (Lipinski definition) is 5. The van der Waals surface area contributed by atoms with E-state index in [2.05, 4.69) is 15.3 Å². The molecular formula is C13H14N4O2. The van der Waals surface area contributed by atoms with Gasteiger partial charge in [-0.2, -0.15) is 0 Å². The average molecular weight is 258 g/mol. The Bertz CT molecular complexity index is 613. The molecule has 0 bridgehead atoms. The van der Waals surface area contributed by atoms with Crippen LogP contribution in [0, 0.1) is 10.1 Å². The third-order valence-corrected chi connectivity index (χ3v) is 2.80. The van der Waals surface area contributed by atoms with Crippen molar-refractivity contribution >= 4 is 11.6 Å². The first-order chi connectivity index (χ1) is 9.15. The van der Waals surface area contributed by atoms with Crippen LogP contribution in [0.3, 0.4) is 0 Å². The van der Waals surface area contributed by atoms with Gasteiger partial charge in [0.05, 0.1) is 4.92 Å². The second-order valence-corrected chi connectivity index (χ2v) is 3.99. The molecule has 2 rings (SSSR count). The lowest BCUT2D eigenvalue weighted by Gasteiger charge is -2.06. The molecule has 0 aliphatic carbocycles. The number of rotatable bonds is 4. The summed E-state index contributed by atoms with van der Waals surface area (Å²) < 4.78 is 0. The van der Waals surface area contributed by atoms with Crippen molar-refractivity contribution in [2.75, 3.05) is 12.4 Å². The minimum atomic E-state index is -0.465. The first kappa shape index (κ1) is 12.9. The molecule has 1 aromatic heterocycles. The topological polar surface area (TPSA) is 81.0 Å². The van der Waals surface area contributed by atoms with E-state index in [1.165, 1.54) is 6.20 Å². The highest BCUT2D eigenvalue weighted by molar-refractivity contribution is 5.70. The fourth-order valence-corrected chi connectivity index (χ4v) is 1.78. The molecule has 1 N–H and O–H groups in total. The molecule has 0 unspecified atom stereocenters. The summed E-state index contributed by atoms with van der Waals surface area (Å²) in [6.07, 6.45) is 2.10. The third kappa shape index (κ3) is 2.67. The van der Waals surface area contributed by atoms with Crippen LogP contribution in [-0.4, -0.2) is 21.9 Å². The van der Waals surface area contributed by atoms with Gasteiger partial charge in [-0.3, -0.25) is 10.1 Å². The van der Waals surface area contributed by atoms with E-state index in [0.29, 0.717) is 11.6 Å². The fourth-order valence-electron chi connectivity index (χ4n) is 1.78. The highest BCUT2D eigenvalue weighted by Gasteiger charge is 2.18. The SMILES string of the molecule is CCc1cccc(-c2nc(NC)ncc2[N+](=O)[O-])c1. The van der Waals surface area contributed by atoms with Crippen molar-refractivity contribution in [1.82, 2.24) is 9.97 Å². The van der Waals surface area contributed by atoms with E-state index in [1.807, 2.05) is 31.2 Å². The molecule has 1 heterocycles. The molecule has 6 heteroatoms. The van der Waals surface area contributed by atoms with Gasteiger partial charge in [0, 0.05) is 12.6 Å². The summed E-state index contributed by atoms with van der Waals surface area (Å²) in [6, 6.07) is 7.58. The van der Waals surface area contributed by atoms with Crippen LogP contribution in [0.4, 0.5) is 11.6 Å². The molecule has 19 heavy (non-hydrogen) atoms. The lowest BCUT2D eigenvalue weighted by molar-refractivity contribution is -0.384. The first-order valence-corrected chi connectivity index (χ1v) is 5.94. The summed E-state index contributed by atoms with van der Waals surface area (Å²) in [5, 5.41) is 13.8. The van der Waals surface area contributed by atoms with Crippen LogP contribution < -0.4 is 5.32 Å². The van der Waals surface area contributed by atoms with Crippen molar-refractivity contribution in [3.05, 3.63) is 46.1 Å². The number of nitro groups is 1. The lowest BCUT2D eigenvalue weighted by Crippen LogP contribution is -2.01. The first-order valence-electron chi connectivity index (χ1n) is 5.94. The summed E-state index contributed by atoms with van der Waals surface area (Å²) >= 11 is 0.